The molecule has 0 fully saturated rings. The lowest BCUT2D eigenvalue weighted by Gasteiger charge is -2.16. The Morgan fingerprint density at radius 3 is 2.53 bits per heavy atom. The van der Waals surface area contributed by atoms with Gasteiger partial charge in [0.15, 0.2) is 11.6 Å². The van der Waals surface area contributed by atoms with Gasteiger partial charge in [-0.1, -0.05) is 22.9 Å². The van der Waals surface area contributed by atoms with Gasteiger partial charge in [-0.25, -0.2) is 9.37 Å². The first-order valence-electron chi connectivity index (χ1n) is 9.79. The molecule has 32 heavy (non-hydrogen) atoms. The summed E-state index contributed by atoms with van der Waals surface area (Å²) in [6.45, 7) is 7.48. The van der Waals surface area contributed by atoms with Crippen LogP contribution in [0.2, 0.25) is 5.02 Å². The van der Waals surface area contributed by atoms with Crippen molar-refractivity contribution in [1.29, 1.82) is 0 Å². The van der Waals surface area contributed by atoms with Gasteiger partial charge in [-0.2, -0.15) is 0 Å². The van der Waals surface area contributed by atoms with Crippen molar-refractivity contribution in [1.82, 2.24) is 15.2 Å². The second kappa shape index (κ2) is 11.2. The lowest BCUT2D eigenvalue weighted by molar-refractivity contribution is 0.129. The molecule has 0 aliphatic rings. The van der Waals surface area contributed by atoms with E-state index in [9.17, 15) is 9.50 Å². The number of nitrogens with zero attached hydrogens (tertiary/aromatic N) is 3. The Labute approximate surface area is 201 Å². The van der Waals surface area contributed by atoms with E-state index in [1.165, 1.54) is 23.5 Å². The number of hydrogen-bond donors (Lipinski definition) is 3. The number of halogens is 3. The molecule has 0 saturated heterocycles. The highest BCUT2D eigenvalue weighted by molar-refractivity contribution is 7.18. The summed E-state index contributed by atoms with van der Waals surface area (Å²) in [4.78, 5) is 4.48. The van der Waals surface area contributed by atoms with Crippen molar-refractivity contribution in [3.8, 4) is 26.9 Å². The fourth-order valence-electron chi connectivity index (χ4n) is 2.74. The SMILES string of the molecule is Cc1cc(-c2nnc(-c3cc(F)c(OC[C@H](N)[C@@H](C)O)cc3Cl)s2)cc(NC(C)C)n1.Cl. The van der Waals surface area contributed by atoms with Crippen LogP contribution in [0, 0.1) is 12.7 Å². The second-order valence-electron chi connectivity index (χ2n) is 7.57. The average molecular weight is 502 g/mol. The van der Waals surface area contributed by atoms with E-state index in [1.54, 1.807) is 6.92 Å². The molecule has 3 aromatic rings. The van der Waals surface area contributed by atoms with Gasteiger partial charge in [-0.15, -0.1) is 22.6 Å². The standard InChI is InChI=1S/C21H25ClFN5O2S.ClH/c1-10(2)25-19-6-13(5-11(3)26-19)20-27-28-21(31-20)14-7-16(23)18(8-15(14)22)30-9-17(24)12(4)29;/h5-8,10,12,17,29H,9,24H2,1-4H3,(H,25,26);1H/t12-,17+;/m1./s1. The highest BCUT2D eigenvalue weighted by Crippen LogP contribution is 2.37. The van der Waals surface area contributed by atoms with Crippen molar-refractivity contribution in [2.24, 2.45) is 5.73 Å². The Balaban J connectivity index is 0.00000363. The molecule has 0 aliphatic heterocycles. The minimum absolute atomic E-state index is 0. The van der Waals surface area contributed by atoms with E-state index in [0.717, 1.165) is 17.1 Å². The first-order chi connectivity index (χ1) is 14.6. The zero-order valence-electron chi connectivity index (χ0n) is 18.1. The summed E-state index contributed by atoms with van der Waals surface area (Å²) in [6.07, 6.45) is -0.773. The molecule has 0 amide bonds. The molecule has 11 heteroatoms. The zero-order valence-corrected chi connectivity index (χ0v) is 20.5. The molecule has 174 valence electrons. The molecule has 0 saturated carbocycles. The van der Waals surface area contributed by atoms with Crippen LogP contribution < -0.4 is 15.8 Å². The Morgan fingerprint density at radius 2 is 1.88 bits per heavy atom. The van der Waals surface area contributed by atoms with Crippen molar-refractivity contribution < 1.29 is 14.2 Å². The first kappa shape index (κ1) is 26.2. The van der Waals surface area contributed by atoms with E-state index in [-0.39, 0.29) is 35.8 Å². The minimum Gasteiger partial charge on any atom is -0.489 e. The molecule has 0 bridgehead atoms. The molecule has 1 aromatic carbocycles. The molecule has 0 spiro atoms. The topological polar surface area (TPSA) is 106 Å². The third-order valence-corrected chi connectivity index (χ3v) is 5.68. The van der Waals surface area contributed by atoms with Crippen LogP contribution in [-0.2, 0) is 0 Å². The average Bonchev–Trinajstić information content (AvgIpc) is 3.17. The van der Waals surface area contributed by atoms with E-state index in [0.29, 0.717) is 15.6 Å². The van der Waals surface area contributed by atoms with Crippen LogP contribution >= 0.6 is 35.3 Å². The van der Waals surface area contributed by atoms with Gasteiger partial charge in [0.1, 0.15) is 22.4 Å². The molecule has 0 aliphatic carbocycles. The van der Waals surface area contributed by atoms with Crippen LogP contribution in [0.3, 0.4) is 0 Å². The summed E-state index contributed by atoms with van der Waals surface area (Å²) in [5.41, 5.74) is 7.85. The number of anilines is 1. The van der Waals surface area contributed by atoms with Crippen LogP contribution in [0.25, 0.3) is 21.1 Å². The highest BCUT2D eigenvalue weighted by atomic mass is 35.5. The van der Waals surface area contributed by atoms with Gasteiger partial charge in [0, 0.05) is 28.9 Å². The normalized spacial score (nSPS) is 12.9. The van der Waals surface area contributed by atoms with Gasteiger partial charge in [0.2, 0.25) is 0 Å². The number of aryl methyl sites for hydroxylation is 1. The van der Waals surface area contributed by atoms with Crippen molar-refractivity contribution in [2.75, 3.05) is 11.9 Å². The Morgan fingerprint density at radius 1 is 1.19 bits per heavy atom. The van der Waals surface area contributed by atoms with Gasteiger partial charge in [-0.3, -0.25) is 0 Å². The Kier molecular flexibility index (Phi) is 9.18. The molecule has 2 aromatic heterocycles. The maximum Gasteiger partial charge on any atom is 0.165 e. The predicted molar refractivity (Wildman–Crippen MR) is 129 cm³/mol. The largest absolute Gasteiger partial charge is 0.489 e. The minimum atomic E-state index is -0.773. The number of nitrogens with two attached hydrogens (primary N) is 1. The monoisotopic (exact) mass is 501 g/mol. The number of aromatic nitrogens is 3. The maximum absolute atomic E-state index is 14.6. The number of pyridine rings is 1. The van der Waals surface area contributed by atoms with Crippen molar-refractivity contribution >= 4 is 41.2 Å². The summed E-state index contributed by atoms with van der Waals surface area (Å²) in [7, 11) is 0. The summed E-state index contributed by atoms with van der Waals surface area (Å²) in [6, 6.07) is 6.07. The molecular formula is C21H26Cl2FN5O2S. The number of ether oxygens (including phenoxy) is 1. The van der Waals surface area contributed by atoms with E-state index >= 15 is 0 Å². The van der Waals surface area contributed by atoms with Gasteiger partial charge in [0.05, 0.1) is 17.2 Å². The molecule has 0 unspecified atom stereocenters. The summed E-state index contributed by atoms with van der Waals surface area (Å²) < 4.78 is 20.0. The fraction of sp³-hybridized carbons (Fsp3) is 0.381. The number of benzene rings is 1. The van der Waals surface area contributed by atoms with Gasteiger partial charge < -0.3 is 20.9 Å². The molecular weight excluding hydrogens is 476 g/mol. The lowest BCUT2D eigenvalue weighted by atomic mass is 10.2. The van der Waals surface area contributed by atoms with Crippen LogP contribution in [0.5, 0.6) is 5.75 Å². The second-order valence-corrected chi connectivity index (χ2v) is 8.96. The van der Waals surface area contributed by atoms with E-state index in [2.05, 4.69) is 20.5 Å². The summed E-state index contributed by atoms with van der Waals surface area (Å²) >= 11 is 7.67. The number of rotatable bonds is 8. The quantitative estimate of drug-likeness (QED) is 0.410. The van der Waals surface area contributed by atoms with Crippen LogP contribution in [-0.4, -0.2) is 45.1 Å². The summed E-state index contributed by atoms with van der Waals surface area (Å²) in [5.74, 6) is 0.114. The molecule has 0 radical (unpaired) electrons. The van der Waals surface area contributed by atoms with E-state index in [4.69, 9.17) is 22.1 Å². The first-order valence-corrected chi connectivity index (χ1v) is 11.0. The number of aliphatic hydroxyl groups is 1. The third-order valence-electron chi connectivity index (χ3n) is 4.36. The molecule has 2 atom stereocenters. The number of aliphatic hydroxyl groups excluding tert-OH is 1. The van der Waals surface area contributed by atoms with Gasteiger partial charge in [0.25, 0.3) is 0 Å². The van der Waals surface area contributed by atoms with Gasteiger partial charge in [-0.05, 0) is 45.9 Å². The fourth-order valence-corrected chi connectivity index (χ4v) is 3.90. The van der Waals surface area contributed by atoms with E-state index < -0.39 is 18.0 Å². The lowest BCUT2D eigenvalue weighted by Crippen LogP contribution is -2.38. The smallest absolute Gasteiger partial charge is 0.165 e. The van der Waals surface area contributed by atoms with Crippen LogP contribution in [0.4, 0.5) is 10.2 Å². The van der Waals surface area contributed by atoms with Gasteiger partial charge >= 0.3 is 0 Å². The van der Waals surface area contributed by atoms with E-state index in [1.807, 2.05) is 32.9 Å². The highest BCUT2D eigenvalue weighted by Gasteiger charge is 2.18. The number of nitrogens with one attached hydrogen (secondary N) is 1. The van der Waals surface area contributed by atoms with Crippen molar-refractivity contribution in [3.63, 3.8) is 0 Å². The Bertz CT molecular complexity index is 1060. The van der Waals surface area contributed by atoms with Crippen LogP contribution in [0.1, 0.15) is 26.5 Å². The summed E-state index contributed by atoms with van der Waals surface area (Å²) in [5, 5.41) is 22.6. The van der Waals surface area contributed by atoms with Crippen LogP contribution in [0.15, 0.2) is 24.3 Å². The third kappa shape index (κ3) is 6.49. The predicted octanol–water partition coefficient (Wildman–Crippen LogP) is 4.70. The Hall–Kier alpha value is -2.04. The molecule has 4 N–H and O–H groups in total. The molecule has 2 heterocycles. The maximum atomic E-state index is 14.6. The van der Waals surface area contributed by atoms with Crippen molar-refractivity contribution in [3.05, 3.63) is 40.8 Å². The number of hydrogen-bond acceptors (Lipinski definition) is 8. The molecule has 3 rings (SSSR count). The van der Waals surface area contributed by atoms with Crippen molar-refractivity contribution in [2.45, 2.75) is 45.9 Å². The molecule has 7 nitrogen and oxygen atoms in total. The zero-order chi connectivity index (χ0) is 22.7.